The van der Waals surface area contributed by atoms with E-state index in [0.29, 0.717) is 6.07 Å². The first kappa shape index (κ1) is 9.24. The molecule has 0 saturated heterocycles. The second-order valence-corrected chi connectivity index (χ2v) is 2.78. The zero-order valence-electron chi connectivity index (χ0n) is 5.44. The van der Waals surface area contributed by atoms with Crippen LogP contribution in [0.1, 0.15) is 5.69 Å². The van der Waals surface area contributed by atoms with Crippen LogP contribution in [-0.2, 0) is 6.18 Å². The molecule has 0 unspecified atom stereocenters. The van der Waals surface area contributed by atoms with E-state index in [1.807, 2.05) is 0 Å². The third-order valence-corrected chi connectivity index (χ3v) is 1.64. The number of hydrogen-bond acceptors (Lipinski definition) is 2. The van der Waals surface area contributed by atoms with Crippen molar-refractivity contribution < 1.29 is 13.2 Å². The number of rotatable bonds is 0. The average Bonchev–Trinajstić information content (AvgIpc) is 1.92. The van der Waals surface area contributed by atoms with Crippen molar-refractivity contribution in [2.24, 2.45) is 0 Å². The van der Waals surface area contributed by atoms with Gasteiger partial charge in [-0.05, 0) is 22.0 Å². The molecule has 1 aromatic rings. The highest BCUT2D eigenvalue weighted by Gasteiger charge is 2.33. The smallest absolute Gasteiger partial charge is 0.267 e. The molecule has 0 spiro atoms. The van der Waals surface area contributed by atoms with Crippen LogP contribution in [0.15, 0.2) is 15.3 Å². The fourth-order valence-corrected chi connectivity index (χ4v) is 0.833. The summed E-state index contributed by atoms with van der Waals surface area (Å²) >= 11 is 2.65. The maximum Gasteiger partial charge on any atom is 0.435 e. The lowest BCUT2D eigenvalue weighted by Crippen LogP contribution is -2.16. The van der Waals surface area contributed by atoms with Crippen molar-refractivity contribution in [3.05, 3.63) is 26.6 Å². The summed E-state index contributed by atoms with van der Waals surface area (Å²) in [6, 6.07) is 0.624. The van der Waals surface area contributed by atoms with Crippen molar-refractivity contribution in [3.8, 4) is 0 Å². The van der Waals surface area contributed by atoms with Gasteiger partial charge >= 0.3 is 6.18 Å². The highest BCUT2D eigenvalue weighted by atomic mass is 79.9. The minimum atomic E-state index is -4.53. The number of hydrogen-bond donors (Lipinski definition) is 1. The Labute approximate surface area is 72.7 Å². The lowest BCUT2D eigenvalue weighted by Gasteiger charge is -2.03. The van der Waals surface area contributed by atoms with Crippen molar-refractivity contribution in [2.75, 3.05) is 0 Å². The summed E-state index contributed by atoms with van der Waals surface area (Å²) in [5, 5.41) is 4.52. The van der Waals surface area contributed by atoms with E-state index in [1.54, 1.807) is 5.10 Å². The Morgan fingerprint density at radius 2 is 2.08 bits per heavy atom. The summed E-state index contributed by atoms with van der Waals surface area (Å²) in [6.07, 6.45) is -4.53. The van der Waals surface area contributed by atoms with Gasteiger partial charge in [0.15, 0.2) is 5.69 Å². The second-order valence-electron chi connectivity index (χ2n) is 1.93. The quantitative estimate of drug-likeness (QED) is 0.751. The van der Waals surface area contributed by atoms with E-state index in [-0.39, 0.29) is 4.47 Å². The largest absolute Gasteiger partial charge is 0.435 e. The van der Waals surface area contributed by atoms with Gasteiger partial charge in [0.25, 0.3) is 5.56 Å². The van der Waals surface area contributed by atoms with Crippen LogP contribution in [0.25, 0.3) is 0 Å². The molecular formula is C5H2BrF3N2O. The van der Waals surface area contributed by atoms with Gasteiger partial charge in [0.2, 0.25) is 0 Å². The molecule has 7 heteroatoms. The van der Waals surface area contributed by atoms with Crippen LogP contribution >= 0.6 is 15.9 Å². The van der Waals surface area contributed by atoms with E-state index in [2.05, 4.69) is 21.0 Å². The van der Waals surface area contributed by atoms with Crippen molar-refractivity contribution in [3.63, 3.8) is 0 Å². The summed E-state index contributed by atoms with van der Waals surface area (Å²) in [5.74, 6) is 0. The van der Waals surface area contributed by atoms with Crippen LogP contribution in [0.2, 0.25) is 0 Å². The summed E-state index contributed by atoms with van der Waals surface area (Å²) < 4.78 is 35.5. The molecular weight excluding hydrogens is 241 g/mol. The molecule has 3 nitrogen and oxygen atoms in total. The molecule has 0 atom stereocenters. The highest BCUT2D eigenvalue weighted by Crippen LogP contribution is 2.27. The molecule has 1 heterocycles. The van der Waals surface area contributed by atoms with E-state index < -0.39 is 17.4 Å². The van der Waals surface area contributed by atoms with E-state index in [9.17, 15) is 18.0 Å². The van der Waals surface area contributed by atoms with Gasteiger partial charge in [-0.2, -0.15) is 18.3 Å². The van der Waals surface area contributed by atoms with E-state index >= 15 is 0 Å². The summed E-state index contributed by atoms with van der Waals surface area (Å²) in [4.78, 5) is 10.6. The molecule has 0 radical (unpaired) electrons. The minimum absolute atomic E-state index is 0.190. The molecule has 0 fully saturated rings. The van der Waals surface area contributed by atoms with Gasteiger partial charge in [-0.1, -0.05) is 0 Å². The summed E-state index contributed by atoms with van der Waals surface area (Å²) in [7, 11) is 0. The zero-order valence-corrected chi connectivity index (χ0v) is 7.03. The van der Waals surface area contributed by atoms with Crippen molar-refractivity contribution >= 4 is 15.9 Å². The van der Waals surface area contributed by atoms with Crippen molar-refractivity contribution in [1.82, 2.24) is 10.2 Å². The number of H-pyrrole nitrogens is 1. The predicted octanol–water partition coefficient (Wildman–Crippen LogP) is 1.55. The number of aromatic amines is 1. The fraction of sp³-hybridized carbons (Fsp3) is 0.200. The Morgan fingerprint density at radius 1 is 1.50 bits per heavy atom. The Hall–Kier alpha value is -0.850. The first-order valence-electron chi connectivity index (χ1n) is 2.73. The first-order valence-corrected chi connectivity index (χ1v) is 3.53. The Kier molecular flexibility index (Phi) is 2.22. The SMILES string of the molecule is O=c1[nH]nc(C(F)(F)F)cc1Br. The third-order valence-electron chi connectivity index (χ3n) is 1.05. The van der Waals surface area contributed by atoms with Gasteiger partial charge in [-0.15, -0.1) is 0 Å². The van der Waals surface area contributed by atoms with Gasteiger partial charge in [-0.25, -0.2) is 5.10 Å². The molecule has 66 valence electrons. The first-order chi connectivity index (χ1) is 5.41. The lowest BCUT2D eigenvalue weighted by molar-refractivity contribution is -0.141. The Bertz CT molecular complexity index is 345. The van der Waals surface area contributed by atoms with Gasteiger partial charge in [0.05, 0.1) is 4.47 Å². The summed E-state index contributed by atoms with van der Waals surface area (Å²) in [5.41, 5.74) is -1.82. The minimum Gasteiger partial charge on any atom is -0.267 e. The zero-order chi connectivity index (χ0) is 9.35. The number of nitrogens with one attached hydrogen (secondary N) is 1. The van der Waals surface area contributed by atoms with Gasteiger partial charge in [0, 0.05) is 0 Å². The molecule has 0 saturated carbocycles. The Balaban J connectivity index is 3.23. The molecule has 0 aliphatic heterocycles. The van der Waals surface area contributed by atoms with Crippen LogP contribution in [0.4, 0.5) is 13.2 Å². The van der Waals surface area contributed by atoms with Crippen LogP contribution < -0.4 is 5.56 Å². The molecule has 1 N–H and O–H groups in total. The second kappa shape index (κ2) is 2.89. The van der Waals surface area contributed by atoms with E-state index in [1.165, 1.54) is 0 Å². The number of aromatic nitrogens is 2. The lowest BCUT2D eigenvalue weighted by atomic mass is 10.4. The average molecular weight is 243 g/mol. The molecule has 1 rings (SSSR count). The van der Waals surface area contributed by atoms with Crippen LogP contribution in [0, 0.1) is 0 Å². The monoisotopic (exact) mass is 242 g/mol. The van der Waals surface area contributed by atoms with Crippen LogP contribution in [0.5, 0.6) is 0 Å². The highest BCUT2D eigenvalue weighted by molar-refractivity contribution is 9.10. The van der Waals surface area contributed by atoms with Crippen molar-refractivity contribution in [1.29, 1.82) is 0 Å². The molecule has 12 heavy (non-hydrogen) atoms. The standard InChI is InChI=1S/C5H2BrF3N2O/c6-2-1-3(5(7,8)9)10-11-4(2)12/h1H,(H,11,12). The van der Waals surface area contributed by atoms with Gasteiger partial charge < -0.3 is 0 Å². The maximum atomic E-state index is 11.9. The predicted molar refractivity (Wildman–Crippen MR) is 37.6 cm³/mol. The molecule has 0 aliphatic carbocycles. The van der Waals surface area contributed by atoms with Gasteiger partial charge in [0.1, 0.15) is 0 Å². The topological polar surface area (TPSA) is 45.8 Å². The van der Waals surface area contributed by atoms with Crippen LogP contribution in [0.3, 0.4) is 0 Å². The normalized spacial score (nSPS) is 11.7. The van der Waals surface area contributed by atoms with Gasteiger partial charge in [-0.3, -0.25) is 4.79 Å². The molecule has 0 aliphatic rings. The van der Waals surface area contributed by atoms with E-state index in [4.69, 9.17) is 0 Å². The van der Waals surface area contributed by atoms with E-state index in [0.717, 1.165) is 0 Å². The maximum absolute atomic E-state index is 11.9. The summed E-state index contributed by atoms with van der Waals surface area (Å²) in [6.45, 7) is 0. The number of halogens is 4. The van der Waals surface area contributed by atoms with Crippen molar-refractivity contribution in [2.45, 2.75) is 6.18 Å². The fourth-order valence-electron chi connectivity index (χ4n) is 0.527. The molecule has 1 aromatic heterocycles. The molecule has 0 aromatic carbocycles. The van der Waals surface area contributed by atoms with Crippen LogP contribution in [-0.4, -0.2) is 10.2 Å². The number of nitrogens with zero attached hydrogens (tertiary/aromatic N) is 1. The molecule has 0 amide bonds. The Morgan fingerprint density at radius 3 is 2.50 bits per heavy atom. The third kappa shape index (κ3) is 1.84. The number of alkyl halides is 3. The molecule has 0 bridgehead atoms.